The van der Waals surface area contributed by atoms with Gasteiger partial charge in [-0.15, -0.1) is 0 Å². The monoisotopic (exact) mass is 359 g/mol. The first-order chi connectivity index (χ1) is 12.4. The summed E-state index contributed by atoms with van der Waals surface area (Å²) in [6.07, 6.45) is 6.23. The molecule has 2 rings (SSSR count). The Labute approximate surface area is 157 Å². The molecule has 0 radical (unpaired) electrons. The van der Waals surface area contributed by atoms with Crippen molar-refractivity contribution in [2.75, 3.05) is 6.54 Å². The van der Waals surface area contributed by atoms with Gasteiger partial charge >= 0.3 is 5.97 Å². The predicted molar refractivity (Wildman–Crippen MR) is 104 cm³/mol. The molecule has 0 amide bonds. The summed E-state index contributed by atoms with van der Waals surface area (Å²) in [4.78, 5) is 23.9. The highest BCUT2D eigenvalue weighted by Crippen LogP contribution is 2.30. The quantitative estimate of drug-likeness (QED) is 0.644. The number of benzene rings is 1. The second kappa shape index (κ2) is 9.86. The highest BCUT2D eigenvalue weighted by Gasteiger charge is 2.26. The van der Waals surface area contributed by atoms with Crippen molar-refractivity contribution >= 4 is 11.8 Å². The minimum Gasteiger partial charge on any atom is -0.481 e. The molecule has 0 aromatic heterocycles. The minimum absolute atomic E-state index is 0.142. The molecule has 0 spiro atoms. The van der Waals surface area contributed by atoms with Crippen molar-refractivity contribution in [3.05, 3.63) is 35.4 Å². The number of carboxylic acid groups (broad SMARTS) is 1. The fourth-order valence-corrected chi connectivity index (χ4v) is 4.11. The van der Waals surface area contributed by atoms with E-state index < -0.39 is 5.97 Å². The smallest absolute Gasteiger partial charge is 0.306 e. The number of rotatable bonds is 9. The highest BCUT2D eigenvalue weighted by atomic mass is 16.4. The van der Waals surface area contributed by atoms with Gasteiger partial charge < -0.3 is 10.8 Å². The van der Waals surface area contributed by atoms with Gasteiger partial charge in [0.2, 0.25) is 0 Å². The molecule has 0 heterocycles. The van der Waals surface area contributed by atoms with Crippen molar-refractivity contribution in [2.24, 2.45) is 29.4 Å². The van der Waals surface area contributed by atoms with Gasteiger partial charge in [0.15, 0.2) is 5.78 Å². The molecule has 1 fully saturated rings. The summed E-state index contributed by atoms with van der Waals surface area (Å²) >= 11 is 0. The van der Waals surface area contributed by atoms with Crippen molar-refractivity contribution in [2.45, 2.75) is 58.8 Å². The summed E-state index contributed by atoms with van der Waals surface area (Å²) in [5, 5.41) is 9.20. The lowest BCUT2D eigenvalue weighted by Crippen LogP contribution is -2.25. The van der Waals surface area contributed by atoms with E-state index in [-0.39, 0.29) is 17.6 Å². The Morgan fingerprint density at radius 2 is 1.77 bits per heavy atom. The Morgan fingerprint density at radius 3 is 2.27 bits per heavy atom. The third kappa shape index (κ3) is 5.66. The zero-order chi connectivity index (χ0) is 19.1. The average molecular weight is 360 g/mol. The van der Waals surface area contributed by atoms with Crippen LogP contribution >= 0.6 is 0 Å². The molecule has 0 aliphatic heterocycles. The van der Waals surface area contributed by atoms with Gasteiger partial charge in [-0.2, -0.15) is 0 Å². The SMILES string of the molecule is CCC(CC(C)Cc1ccc(C(=O)C2CCC(CN)CC2)cc1)C(=O)O. The number of carboxylic acids is 1. The summed E-state index contributed by atoms with van der Waals surface area (Å²) in [6, 6.07) is 7.93. The van der Waals surface area contributed by atoms with Crippen LogP contribution < -0.4 is 5.73 Å². The van der Waals surface area contributed by atoms with E-state index in [0.29, 0.717) is 24.7 Å². The van der Waals surface area contributed by atoms with Gasteiger partial charge in [-0.05, 0) is 68.9 Å². The summed E-state index contributed by atoms with van der Waals surface area (Å²) in [5.41, 5.74) is 7.70. The molecular weight excluding hydrogens is 326 g/mol. The van der Waals surface area contributed by atoms with Crippen LogP contribution in [0.4, 0.5) is 0 Å². The summed E-state index contributed by atoms with van der Waals surface area (Å²) in [6.45, 7) is 4.75. The predicted octanol–water partition coefficient (Wildman–Crippen LogP) is 4.31. The van der Waals surface area contributed by atoms with Crippen LogP contribution in [0, 0.1) is 23.7 Å². The number of hydrogen-bond donors (Lipinski definition) is 2. The van der Waals surface area contributed by atoms with E-state index in [1.807, 2.05) is 31.2 Å². The Balaban J connectivity index is 1.89. The van der Waals surface area contributed by atoms with Gasteiger partial charge in [-0.25, -0.2) is 0 Å². The lowest BCUT2D eigenvalue weighted by molar-refractivity contribution is -0.142. The number of ketones is 1. The van der Waals surface area contributed by atoms with E-state index in [1.165, 1.54) is 5.56 Å². The van der Waals surface area contributed by atoms with Crippen LogP contribution in [0.5, 0.6) is 0 Å². The Hall–Kier alpha value is -1.68. The number of aliphatic carboxylic acids is 1. The second-order valence-corrected chi connectivity index (χ2v) is 8.00. The Bertz CT molecular complexity index is 588. The van der Waals surface area contributed by atoms with E-state index in [1.54, 1.807) is 0 Å². The van der Waals surface area contributed by atoms with E-state index in [9.17, 15) is 14.7 Å². The molecule has 1 aliphatic rings. The highest BCUT2D eigenvalue weighted by molar-refractivity contribution is 5.97. The van der Waals surface area contributed by atoms with Crippen LogP contribution in [-0.2, 0) is 11.2 Å². The van der Waals surface area contributed by atoms with Crippen LogP contribution in [0.25, 0.3) is 0 Å². The maximum absolute atomic E-state index is 12.7. The molecule has 4 heteroatoms. The van der Waals surface area contributed by atoms with Crippen LogP contribution in [0.15, 0.2) is 24.3 Å². The van der Waals surface area contributed by atoms with Crippen molar-refractivity contribution in [1.29, 1.82) is 0 Å². The van der Waals surface area contributed by atoms with Crippen LogP contribution in [0.3, 0.4) is 0 Å². The molecule has 1 aliphatic carbocycles. The number of Topliss-reactive ketones (excluding diaryl/α,β-unsaturated/α-hetero) is 1. The van der Waals surface area contributed by atoms with Gasteiger partial charge in [0.1, 0.15) is 0 Å². The van der Waals surface area contributed by atoms with E-state index in [2.05, 4.69) is 6.92 Å². The van der Waals surface area contributed by atoms with Crippen LogP contribution in [0.2, 0.25) is 0 Å². The van der Waals surface area contributed by atoms with Crippen molar-refractivity contribution in [3.8, 4) is 0 Å². The first-order valence-corrected chi connectivity index (χ1v) is 10.0. The van der Waals surface area contributed by atoms with Crippen molar-refractivity contribution in [1.82, 2.24) is 0 Å². The third-order valence-electron chi connectivity index (χ3n) is 5.90. The molecule has 1 saturated carbocycles. The summed E-state index contributed by atoms with van der Waals surface area (Å²) in [5.74, 6) is 0.324. The summed E-state index contributed by atoms with van der Waals surface area (Å²) < 4.78 is 0. The largest absolute Gasteiger partial charge is 0.481 e. The Kier molecular flexibility index (Phi) is 7.83. The first-order valence-electron chi connectivity index (χ1n) is 10.0. The fourth-order valence-electron chi connectivity index (χ4n) is 4.11. The minimum atomic E-state index is -0.704. The number of carbonyl (C=O) groups is 2. The topological polar surface area (TPSA) is 80.4 Å². The van der Waals surface area contributed by atoms with Gasteiger partial charge in [0.25, 0.3) is 0 Å². The van der Waals surface area contributed by atoms with Gasteiger partial charge in [0.05, 0.1) is 5.92 Å². The van der Waals surface area contributed by atoms with Crippen molar-refractivity contribution < 1.29 is 14.7 Å². The average Bonchev–Trinajstić information content (AvgIpc) is 2.66. The molecular formula is C22H33NO3. The zero-order valence-corrected chi connectivity index (χ0v) is 16.1. The van der Waals surface area contributed by atoms with Gasteiger partial charge in [-0.3, -0.25) is 9.59 Å². The van der Waals surface area contributed by atoms with Gasteiger partial charge in [0, 0.05) is 11.5 Å². The van der Waals surface area contributed by atoms with E-state index in [4.69, 9.17) is 5.73 Å². The second-order valence-electron chi connectivity index (χ2n) is 8.00. The molecule has 2 unspecified atom stereocenters. The summed E-state index contributed by atoms with van der Waals surface area (Å²) in [7, 11) is 0. The maximum Gasteiger partial charge on any atom is 0.306 e. The molecule has 26 heavy (non-hydrogen) atoms. The lowest BCUT2D eigenvalue weighted by Gasteiger charge is -2.26. The number of hydrogen-bond acceptors (Lipinski definition) is 3. The molecule has 1 aromatic carbocycles. The van der Waals surface area contributed by atoms with Crippen LogP contribution in [0.1, 0.15) is 68.3 Å². The third-order valence-corrected chi connectivity index (χ3v) is 5.90. The lowest BCUT2D eigenvalue weighted by atomic mass is 9.78. The van der Waals surface area contributed by atoms with Crippen molar-refractivity contribution in [3.63, 3.8) is 0 Å². The standard InChI is InChI=1S/C22H33NO3/c1-3-18(22(25)26)13-15(2)12-16-4-8-19(9-5-16)21(24)20-10-6-17(14-23)7-11-20/h4-5,8-9,15,17-18,20H,3,6-7,10-14,23H2,1-2H3,(H,25,26). The molecule has 2 atom stereocenters. The first kappa shape index (κ1) is 20.6. The molecule has 144 valence electrons. The number of nitrogens with two attached hydrogens (primary N) is 1. The molecule has 0 bridgehead atoms. The fraction of sp³-hybridized carbons (Fsp3) is 0.636. The van der Waals surface area contributed by atoms with E-state index in [0.717, 1.165) is 44.2 Å². The van der Waals surface area contributed by atoms with E-state index >= 15 is 0 Å². The molecule has 4 nitrogen and oxygen atoms in total. The normalized spacial score (nSPS) is 22.6. The number of carbonyl (C=O) groups excluding carboxylic acids is 1. The zero-order valence-electron chi connectivity index (χ0n) is 16.1. The molecule has 1 aromatic rings. The molecule has 0 saturated heterocycles. The molecule has 3 N–H and O–H groups in total. The van der Waals surface area contributed by atoms with Gasteiger partial charge in [-0.1, -0.05) is 38.1 Å². The maximum atomic E-state index is 12.7. The van der Waals surface area contributed by atoms with Crippen LogP contribution in [-0.4, -0.2) is 23.4 Å². The Morgan fingerprint density at radius 1 is 1.15 bits per heavy atom.